The highest BCUT2D eigenvalue weighted by atomic mass is 16.5. The van der Waals surface area contributed by atoms with Gasteiger partial charge in [-0.05, 0) is 60.4 Å². The van der Waals surface area contributed by atoms with E-state index in [4.69, 9.17) is 9.47 Å². The Balaban J connectivity index is 1.84. The van der Waals surface area contributed by atoms with Crippen molar-refractivity contribution >= 4 is 17.7 Å². The Morgan fingerprint density at radius 1 is 1.04 bits per heavy atom. The highest BCUT2D eigenvalue weighted by Crippen LogP contribution is 2.17. The molecule has 0 unspecified atom stereocenters. The van der Waals surface area contributed by atoms with E-state index in [-0.39, 0.29) is 5.91 Å². The summed E-state index contributed by atoms with van der Waals surface area (Å²) in [6, 6.07) is 14.9. The fourth-order valence-electron chi connectivity index (χ4n) is 2.12. The second-order valence-electron chi connectivity index (χ2n) is 6.15. The van der Waals surface area contributed by atoms with E-state index in [1.807, 2.05) is 48.5 Å². The minimum Gasteiger partial charge on any atom is -0.497 e. The van der Waals surface area contributed by atoms with Gasteiger partial charge in [0.2, 0.25) is 5.91 Å². The van der Waals surface area contributed by atoms with E-state index in [2.05, 4.69) is 19.2 Å². The molecule has 0 heterocycles. The van der Waals surface area contributed by atoms with Gasteiger partial charge >= 0.3 is 0 Å². The second-order valence-corrected chi connectivity index (χ2v) is 6.15. The first-order valence-corrected chi connectivity index (χ1v) is 8.43. The van der Waals surface area contributed by atoms with Crippen molar-refractivity contribution in [2.45, 2.75) is 20.3 Å². The summed E-state index contributed by atoms with van der Waals surface area (Å²) < 4.78 is 10.8. The van der Waals surface area contributed by atoms with Crippen LogP contribution in [0.25, 0.3) is 6.08 Å². The summed E-state index contributed by atoms with van der Waals surface area (Å²) in [5.41, 5.74) is 1.67. The average Bonchev–Trinajstić information content (AvgIpc) is 2.61. The molecule has 0 aromatic heterocycles. The molecule has 25 heavy (non-hydrogen) atoms. The van der Waals surface area contributed by atoms with Gasteiger partial charge in [-0.3, -0.25) is 4.79 Å². The van der Waals surface area contributed by atoms with Crippen molar-refractivity contribution in [3.63, 3.8) is 0 Å². The number of anilines is 1. The predicted molar refractivity (Wildman–Crippen MR) is 102 cm³/mol. The number of nitrogens with one attached hydrogen (secondary N) is 1. The number of ether oxygens (including phenoxy) is 2. The number of rotatable bonds is 8. The highest BCUT2D eigenvalue weighted by Gasteiger charge is 2.00. The van der Waals surface area contributed by atoms with Gasteiger partial charge in [-0.1, -0.05) is 26.0 Å². The summed E-state index contributed by atoms with van der Waals surface area (Å²) in [6.07, 6.45) is 4.29. The molecule has 1 amide bonds. The lowest BCUT2D eigenvalue weighted by atomic mass is 10.1. The summed E-state index contributed by atoms with van der Waals surface area (Å²) in [4.78, 5) is 12.0. The molecule has 2 aromatic rings. The monoisotopic (exact) mass is 339 g/mol. The maximum Gasteiger partial charge on any atom is 0.248 e. The Morgan fingerprint density at radius 3 is 2.28 bits per heavy atom. The van der Waals surface area contributed by atoms with Crippen molar-refractivity contribution in [2.75, 3.05) is 19.0 Å². The standard InChI is InChI=1S/C21H25NO3/c1-16(2)14-15-25-20-11-7-18(8-12-20)22-21(23)13-6-17-4-9-19(24-3)10-5-17/h4-13,16H,14-15H2,1-3H3,(H,22,23)/b13-6+. The highest BCUT2D eigenvalue weighted by molar-refractivity contribution is 6.01. The van der Waals surface area contributed by atoms with Crippen LogP contribution in [0.2, 0.25) is 0 Å². The zero-order valence-corrected chi connectivity index (χ0v) is 15.0. The molecule has 0 atom stereocenters. The lowest BCUT2D eigenvalue weighted by Gasteiger charge is -2.09. The molecule has 0 aliphatic rings. The fourth-order valence-corrected chi connectivity index (χ4v) is 2.12. The van der Waals surface area contributed by atoms with Crippen LogP contribution in [0.15, 0.2) is 54.6 Å². The van der Waals surface area contributed by atoms with E-state index in [1.54, 1.807) is 13.2 Å². The van der Waals surface area contributed by atoms with Gasteiger partial charge in [-0.2, -0.15) is 0 Å². The van der Waals surface area contributed by atoms with Crippen LogP contribution in [-0.2, 0) is 4.79 Å². The molecule has 0 bridgehead atoms. The van der Waals surface area contributed by atoms with Gasteiger partial charge in [-0.25, -0.2) is 0 Å². The Hall–Kier alpha value is -2.75. The van der Waals surface area contributed by atoms with Crippen LogP contribution < -0.4 is 14.8 Å². The quantitative estimate of drug-likeness (QED) is 0.705. The predicted octanol–water partition coefficient (Wildman–Crippen LogP) is 4.77. The minimum absolute atomic E-state index is 0.177. The third-order valence-electron chi connectivity index (χ3n) is 3.63. The van der Waals surface area contributed by atoms with E-state index in [0.29, 0.717) is 12.5 Å². The summed E-state index contributed by atoms with van der Waals surface area (Å²) >= 11 is 0. The number of benzene rings is 2. The normalized spacial score (nSPS) is 10.9. The van der Waals surface area contributed by atoms with Gasteiger partial charge in [0.1, 0.15) is 11.5 Å². The molecule has 0 aliphatic carbocycles. The van der Waals surface area contributed by atoms with Crippen molar-refractivity contribution in [3.8, 4) is 11.5 Å². The summed E-state index contributed by atoms with van der Waals surface area (Å²) in [7, 11) is 1.62. The van der Waals surface area contributed by atoms with Crippen LogP contribution in [0.3, 0.4) is 0 Å². The molecule has 0 spiro atoms. The van der Waals surface area contributed by atoms with Crippen molar-refractivity contribution in [1.29, 1.82) is 0 Å². The Bertz CT molecular complexity index is 688. The third kappa shape index (κ3) is 6.71. The minimum atomic E-state index is -0.177. The molecule has 0 saturated heterocycles. The number of hydrogen-bond donors (Lipinski definition) is 1. The van der Waals surface area contributed by atoms with Crippen LogP contribution in [-0.4, -0.2) is 19.6 Å². The third-order valence-corrected chi connectivity index (χ3v) is 3.63. The molecule has 4 heteroatoms. The number of amides is 1. The number of methoxy groups -OCH3 is 1. The van der Waals surface area contributed by atoms with Gasteiger partial charge < -0.3 is 14.8 Å². The molecule has 2 rings (SSSR count). The Kier molecular flexibility index (Phi) is 7.08. The van der Waals surface area contributed by atoms with Crippen LogP contribution in [0.5, 0.6) is 11.5 Å². The van der Waals surface area contributed by atoms with Gasteiger partial charge in [0.15, 0.2) is 0 Å². The second kappa shape index (κ2) is 9.52. The van der Waals surface area contributed by atoms with Crippen LogP contribution in [0, 0.1) is 5.92 Å². The Morgan fingerprint density at radius 2 is 1.68 bits per heavy atom. The molecule has 0 fully saturated rings. The average molecular weight is 339 g/mol. The van der Waals surface area contributed by atoms with Gasteiger partial charge in [0.05, 0.1) is 13.7 Å². The van der Waals surface area contributed by atoms with Gasteiger partial charge in [0.25, 0.3) is 0 Å². The lowest BCUT2D eigenvalue weighted by molar-refractivity contribution is -0.111. The zero-order chi connectivity index (χ0) is 18.1. The van der Waals surface area contributed by atoms with Crippen LogP contribution in [0.1, 0.15) is 25.8 Å². The van der Waals surface area contributed by atoms with Crippen LogP contribution in [0.4, 0.5) is 5.69 Å². The maximum atomic E-state index is 12.0. The van der Waals surface area contributed by atoms with Gasteiger partial charge in [-0.15, -0.1) is 0 Å². The number of carbonyl (C=O) groups is 1. The van der Waals surface area contributed by atoms with Crippen LogP contribution >= 0.6 is 0 Å². The molecular weight excluding hydrogens is 314 g/mol. The van der Waals surface area contributed by atoms with E-state index in [0.717, 1.165) is 29.2 Å². The van der Waals surface area contributed by atoms with Gasteiger partial charge in [0, 0.05) is 11.8 Å². The van der Waals surface area contributed by atoms with Crippen molar-refractivity contribution < 1.29 is 14.3 Å². The van der Waals surface area contributed by atoms with Crippen molar-refractivity contribution in [1.82, 2.24) is 0 Å². The van der Waals surface area contributed by atoms with E-state index < -0.39 is 0 Å². The summed E-state index contributed by atoms with van der Waals surface area (Å²) in [6.45, 7) is 5.04. The lowest BCUT2D eigenvalue weighted by Crippen LogP contribution is -2.07. The Labute approximate surface area is 149 Å². The first kappa shape index (κ1) is 18.6. The summed E-state index contributed by atoms with van der Waals surface area (Å²) in [5, 5.41) is 2.83. The largest absolute Gasteiger partial charge is 0.497 e. The molecule has 1 N–H and O–H groups in total. The molecular formula is C21H25NO3. The van der Waals surface area contributed by atoms with E-state index in [1.165, 1.54) is 6.08 Å². The van der Waals surface area contributed by atoms with Crippen molar-refractivity contribution in [2.24, 2.45) is 5.92 Å². The SMILES string of the molecule is COc1ccc(/C=C/C(=O)Nc2ccc(OCCC(C)C)cc2)cc1. The molecule has 0 radical (unpaired) electrons. The zero-order valence-electron chi connectivity index (χ0n) is 15.0. The number of carbonyl (C=O) groups excluding carboxylic acids is 1. The topological polar surface area (TPSA) is 47.6 Å². The van der Waals surface area contributed by atoms with E-state index in [9.17, 15) is 4.79 Å². The molecule has 132 valence electrons. The smallest absolute Gasteiger partial charge is 0.248 e. The molecule has 0 saturated carbocycles. The molecule has 2 aromatic carbocycles. The molecule has 0 aliphatic heterocycles. The summed E-state index contributed by atoms with van der Waals surface area (Å²) in [5.74, 6) is 2.05. The number of hydrogen-bond acceptors (Lipinski definition) is 3. The first-order valence-electron chi connectivity index (χ1n) is 8.43. The first-order chi connectivity index (χ1) is 12.1. The fraction of sp³-hybridized carbons (Fsp3) is 0.286. The van der Waals surface area contributed by atoms with Crippen molar-refractivity contribution in [3.05, 3.63) is 60.2 Å². The molecule has 4 nitrogen and oxygen atoms in total. The van der Waals surface area contributed by atoms with E-state index >= 15 is 0 Å². The maximum absolute atomic E-state index is 12.0.